The molecule has 3 unspecified atom stereocenters. The zero-order valence-electron chi connectivity index (χ0n) is 13.5. The van der Waals surface area contributed by atoms with Gasteiger partial charge in [-0.1, -0.05) is 47.5 Å². The third-order valence-electron chi connectivity index (χ3n) is 2.33. The van der Waals surface area contributed by atoms with Gasteiger partial charge in [-0.3, -0.25) is 4.79 Å². The predicted molar refractivity (Wildman–Crippen MR) is 74.7 cm³/mol. The van der Waals surface area contributed by atoms with Gasteiger partial charge >= 0.3 is 17.4 Å². The Morgan fingerprint density at radius 2 is 1.15 bits per heavy atom. The molecule has 0 aliphatic rings. The van der Waals surface area contributed by atoms with Crippen molar-refractivity contribution in [2.45, 2.75) is 73.0 Å². The number of carbonyl (C=O) groups excluding carboxylic acids is 2. The van der Waals surface area contributed by atoms with Crippen LogP contribution in [0.15, 0.2) is 0 Å². The van der Waals surface area contributed by atoms with E-state index in [0.717, 1.165) is 12.8 Å². The summed E-state index contributed by atoms with van der Waals surface area (Å²) >= 11 is 0. The number of ketones is 1. The average Bonchev–Trinajstić information content (AvgIpc) is 2.30. The van der Waals surface area contributed by atoms with Crippen LogP contribution in [0.3, 0.4) is 0 Å². The molecule has 6 heteroatoms. The second kappa shape index (κ2) is 18.6. The monoisotopic (exact) mass is 302 g/mol. The van der Waals surface area contributed by atoms with Crippen LogP contribution < -0.4 is 15.3 Å². The van der Waals surface area contributed by atoms with Crippen molar-refractivity contribution in [3.05, 3.63) is 0 Å². The van der Waals surface area contributed by atoms with Crippen molar-refractivity contribution in [3.8, 4) is 0 Å². The van der Waals surface area contributed by atoms with Gasteiger partial charge in [0.15, 0.2) is 0 Å². The molecule has 0 aliphatic carbocycles. The number of Topliss-reactive ketones (excluding diaryl/α,β-unsaturated/α-hetero) is 1. The van der Waals surface area contributed by atoms with E-state index >= 15 is 0 Å². The maximum atomic E-state index is 10.4. The minimum Gasteiger partial charge on any atom is -0.852 e. The molecule has 0 fully saturated rings. The van der Waals surface area contributed by atoms with Gasteiger partial charge in [0.1, 0.15) is 5.78 Å². The molecule has 0 aromatic carbocycles. The van der Waals surface area contributed by atoms with E-state index < -0.39 is 11.9 Å². The van der Waals surface area contributed by atoms with E-state index in [-0.39, 0.29) is 35.4 Å². The Bertz CT molecular complexity index is 208. The van der Waals surface area contributed by atoms with E-state index in [4.69, 9.17) is 0 Å². The maximum Gasteiger partial charge on any atom is 3.00 e. The molecule has 0 heterocycles. The van der Waals surface area contributed by atoms with Crippen LogP contribution >= 0.6 is 0 Å². The number of carboxylic acid groups (broad SMARTS) is 1. The molecule has 0 aromatic heterocycles. The van der Waals surface area contributed by atoms with Gasteiger partial charge in [-0.25, -0.2) is 0 Å². The Morgan fingerprint density at radius 3 is 1.15 bits per heavy atom. The summed E-state index contributed by atoms with van der Waals surface area (Å²) in [6, 6.07) is 0. The predicted octanol–water partition coefficient (Wildman–Crippen LogP) is -0.739. The maximum absolute atomic E-state index is 10.4. The van der Waals surface area contributed by atoms with Crippen LogP contribution in [0.25, 0.3) is 0 Å². The smallest absolute Gasteiger partial charge is 0.852 e. The van der Waals surface area contributed by atoms with Crippen molar-refractivity contribution >= 4 is 29.1 Å². The van der Waals surface area contributed by atoms with Crippen molar-refractivity contribution in [2.24, 2.45) is 5.92 Å². The van der Waals surface area contributed by atoms with Gasteiger partial charge < -0.3 is 20.1 Å². The third kappa shape index (κ3) is 26.2. The Hall–Kier alpha value is -0.408. The van der Waals surface area contributed by atoms with Crippen molar-refractivity contribution < 1.29 is 24.9 Å². The normalized spacial score (nSPS) is 13.2. The molecule has 0 N–H and O–H groups in total. The Balaban J connectivity index is -0.000000101. The second-order valence-corrected chi connectivity index (χ2v) is 4.33. The van der Waals surface area contributed by atoms with Crippen LogP contribution in [0.4, 0.5) is 0 Å². The van der Waals surface area contributed by atoms with Crippen LogP contribution in [-0.4, -0.2) is 41.3 Å². The number of carboxylic acids is 1. The van der Waals surface area contributed by atoms with Gasteiger partial charge in [-0.2, -0.15) is 0 Å². The summed E-state index contributed by atoms with van der Waals surface area (Å²) in [5, 5.41) is 29.8. The molecule has 0 spiro atoms. The Labute approximate surface area is 133 Å². The van der Waals surface area contributed by atoms with Gasteiger partial charge in [0.2, 0.25) is 0 Å². The fourth-order valence-corrected chi connectivity index (χ4v) is 0.620. The summed E-state index contributed by atoms with van der Waals surface area (Å²) in [6.45, 7) is 10.0. The molecule has 0 rings (SSSR count). The first kappa shape index (κ1) is 27.9. The molecular weight excluding hydrogens is 275 g/mol. The molecule has 0 bridgehead atoms. The third-order valence-corrected chi connectivity index (χ3v) is 2.33. The second-order valence-electron chi connectivity index (χ2n) is 4.33. The number of rotatable bonds is 5. The van der Waals surface area contributed by atoms with Crippen LogP contribution in [0.5, 0.6) is 0 Å². The molecule has 116 valence electrons. The van der Waals surface area contributed by atoms with Gasteiger partial charge in [-0.15, -0.1) is 12.2 Å². The summed E-state index contributed by atoms with van der Waals surface area (Å²) in [7, 11) is 0. The summed E-state index contributed by atoms with van der Waals surface area (Å²) < 4.78 is 0. The van der Waals surface area contributed by atoms with Crippen LogP contribution in [0, 0.1) is 5.92 Å². The number of hydrogen-bond acceptors (Lipinski definition) is 5. The zero-order valence-corrected chi connectivity index (χ0v) is 14.6. The fourth-order valence-electron chi connectivity index (χ4n) is 0.620. The summed E-state index contributed by atoms with van der Waals surface area (Å²) in [6.07, 6.45) is 1.09. The molecule has 0 radical (unpaired) electrons. The van der Waals surface area contributed by atoms with Crippen molar-refractivity contribution in [1.82, 2.24) is 0 Å². The number of aliphatic carboxylic acids is 1. The van der Waals surface area contributed by atoms with E-state index in [1.807, 2.05) is 13.8 Å². The summed E-state index contributed by atoms with van der Waals surface area (Å²) in [5.74, 6) is -2.52. The summed E-state index contributed by atoms with van der Waals surface area (Å²) in [4.78, 5) is 20.4. The van der Waals surface area contributed by atoms with Crippen molar-refractivity contribution in [2.75, 3.05) is 0 Å². The zero-order chi connectivity index (χ0) is 16.0. The van der Waals surface area contributed by atoms with Crippen molar-refractivity contribution in [1.29, 1.82) is 0 Å². The largest absolute Gasteiger partial charge is 3.00 e. The molecule has 0 saturated carbocycles. The average molecular weight is 302 g/mol. The van der Waals surface area contributed by atoms with Crippen LogP contribution in [0.1, 0.15) is 60.8 Å². The van der Waals surface area contributed by atoms with Gasteiger partial charge in [0.05, 0.1) is 11.9 Å². The topological polar surface area (TPSA) is 103 Å². The van der Waals surface area contributed by atoms with Gasteiger partial charge in [0.25, 0.3) is 0 Å². The minimum atomic E-state index is -1.27. The van der Waals surface area contributed by atoms with E-state index in [1.165, 1.54) is 6.92 Å². The molecule has 0 aliphatic heterocycles. The Morgan fingerprint density at radius 1 is 0.900 bits per heavy atom. The number of carbonyl (C=O) groups is 2. The molecule has 5 nitrogen and oxygen atoms in total. The number of hydrogen-bond donors (Lipinski definition) is 0. The van der Waals surface area contributed by atoms with E-state index in [0.29, 0.717) is 6.42 Å². The first-order valence-corrected chi connectivity index (χ1v) is 6.66. The quantitative estimate of drug-likeness (QED) is 0.491. The van der Waals surface area contributed by atoms with Crippen LogP contribution in [0.2, 0.25) is 0 Å². The SMILES string of the molecule is CCC(C(C)=O)C(=O)[O-].CCC(C)[O-].CCC(C)[O-].[Al+3]. The standard InChI is InChI=1S/C6H10O3.2C4H9O.Al/c1-3-5(4(2)7)6(8)9;2*1-3-4(2)5;/h5H,3H2,1-2H3,(H,8,9);2*4H,3H2,1-2H3;/q;2*-1;+3/p-1. The van der Waals surface area contributed by atoms with E-state index in [1.54, 1.807) is 20.8 Å². The first-order valence-electron chi connectivity index (χ1n) is 6.66. The summed E-state index contributed by atoms with van der Waals surface area (Å²) in [5.41, 5.74) is 0. The van der Waals surface area contributed by atoms with Gasteiger partial charge in [-0.05, 0) is 13.3 Å². The fraction of sp³-hybridized carbons (Fsp3) is 0.857. The molecule has 0 saturated heterocycles. The van der Waals surface area contributed by atoms with Crippen LogP contribution in [-0.2, 0) is 9.59 Å². The van der Waals surface area contributed by atoms with Gasteiger partial charge in [0, 0.05) is 0 Å². The Kier molecular flexibility index (Phi) is 25.9. The molecule has 3 atom stereocenters. The van der Waals surface area contributed by atoms with E-state index in [9.17, 15) is 24.9 Å². The molecule has 20 heavy (non-hydrogen) atoms. The first-order chi connectivity index (χ1) is 8.63. The molecule has 0 amide bonds. The molecular formula is C14H27AlO5. The van der Waals surface area contributed by atoms with E-state index in [2.05, 4.69) is 0 Å². The van der Waals surface area contributed by atoms with Crippen molar-refractivity contribution in [3.63, 3.8) is 0 Å². The molecule has 0 aromatic rings. The minimum absolute atomic E-state index is 0.